The molecular weight excluding hydrogens is 324 g/mol. The molecule has 0 fully saturated rings. The molecule has 0 saturated carbocycles. The number of carbonyl (C=O) groups excluding carboxylic acids is 1. The maximum absolute atomic E-state index is 12.1. The quantitative estimate of drug-likeness (QED) is 0.857. The average Bonchev–Trinajstić information content (AvgIpc) is 2.90. The van der Waals surface area contributed by atoms with Crippen LogP contribution in [0.1, 0.15) is 44.2 Å². The number of aromatic nitrogens is 2. The van der Waals surface area contributed by atoms with E-state index in [1.165, 1.54) is 16.8 Å². The number of ether oxygens (including phenoxy) is 2. The van der Waals surface area contributed by atoms with Gasteiger partial charge < -0.3 is 9.47 Å². The van der Waals surface area contributed by atoms with Crippen LogP contribution in [0, 0.1) is 5.41 Å². The summed E-state index contributed by atoms with van der Waals surface area (Å²) in [7, 11) is 0. The van der Waals surface area contributed by atoms with Gasteiger partial charge in [0, 0.05) is 17.8 Å². The summed E-state index contributed by atoms with van der Waals surface area (Å²) in [5, 5.41) is 0. The Morgan fingerprint density at radius 3 is 2.52 bits per heavy atom. The number of nitrogens with zero attached hydrogens (tertiary/aromatic N) is 1. The molecule has 0 unspecified atom stereocenters. The van der Waals surface area contributed by atoms with Crippen LogP contribution < -0.4 is 11.2 Å². The third-order valence-electron chi connectivity index (χ3n) is 3.98. The Kier molecular flexibility index (Phi) is 4.34. The molecule has 1 aromatic carbocycles. The number of carbonyl (C=O) groups is 1. The molecule has 2 heterocycles. The first-order valence-electron chi connectivity index (χ1n) is 8.00. The second kappa shape index (κ2) is 6.33. The fraction of sp³-hybridized carbons (Fsp3) is 0.389. The van der Waals surface area contributed by atoms with E-state index < -0.39 is 29.0 Å². The van der Waals surface area contributed by atoms with Crippen molar-refractivity contribution in [2.75, 3.05) is 6.61 Å². The van der Waals surface area contributed by atoms with E-state index in [9.17, 15) is 14.4 Å². The number of nitrogens with one attached hydrogen (secondary N) is 1. The average molecular weight is 344 g/mol. The largest absolute Gasteiger partial charge is 0.462 e. The van der Waals surface area contributed by atoms with Crippen LogP contribution in [0.3, 0.4) is 0 Å². The smallest absolute Gasteiger partial charge is 0.330 e. The summed E-state index contributed by atoms with van der Waals surface area (Å²) in [5.74, 6) is -0.321. The zero-order valence-corrected chi connectivity index (χ0v) is 14.3. The maximum atomic E-state index is 12.1. The minimum Gasteiger partial charge on any atom is -0.462 e. The third-order valence-corrected chi connectivity index (χ3v) is 3.98. The maximum Gasteiger partial charge on any atom is 0.330 e. The lowest BCUT2D eigenvalue weighted by Crippen LogP contribution is -2.32. The van der Waals surface area contributed by atoms with Gasteiger partial charge in [-0.2, -0.15) is 0 Å². The number of aromatic amines is 1. The van der Waals surface area contributed by atoms with E-state index in [2.05, 4.69) is 4.98 Å². The molecule has 7 heteroatoms. The lowest BCUT2D eigenvalue weighted by Gasteiger charge is -2.20. The molecule has 0 radical (unpaired) electrons. The SMILES string of the molecule is CC(C)(C)C(=O)OC[C@H]1O[C@H](n2ccc(=O)[nH]c2=O)c2ccccc21. The Hall–Kier alpha value is -2.67. The van der Waals surface area contributed by atoms with E-state index in [1.54, 1.807) is 20.8 Å². The van der Waals surface area contributed by atoms with Crippen molar-refractivity contribution in [3.8, 4) is 0 Å². The van der Waals surface area contributed by atoms with Crippen LogP contribution >= 0.6 is 0 Å². The minimum absolute atomic E-state index is 0.0573. The van der Waals surface area contributed by atoms with Gasteiger partial charge >= 0.3 is 11.7 Å². The van der Waals surface area contributed by atoms with Crippen molar-refractivity contribution in [3.63, 3.8) is 0 Å². The zero-order chi connectivity index (χ0) is 18.2. The van der Waals surface area contributed by atoms with Gasteiger partial charge in [0.25, 0.3) is 5.56 Å². The number of fused-ring (bicyclic) bond motifs is 1. The van der Waals surface area contributed by atoms with Crippen molar-refractivity contribution in [2.45, 2.75) is 33.1 Å². The molecule has 1 aliphatic heterocycles. The Labute approximate surface area is 144 Å². The molecule has 1 aromatic heterocycles. The van der Waals surface area contributed by atoms with Gasteiger partial charge in [-0.25, -0.2) is 4.79 Å². The highest BCUT2D eigenvalue weighted by molar-refractivity contribution is 5.75. The number of hydrogen-bond donors (Lipinski definition) is 1. The predicted molar refractivity (Wildman–Crippen MR) is 90.1 cm³/mol. The second-order valence-corrected chi connectivity index (χ2v) is 6.97. The van der Waals surface area contributed by atoms with E-state index in [0.717, 1.165) is 11.1 Å². The molecule has 1 aliphatic rings. The Balaban J connectivity index is 1.88. The van der Waals surface area contributed by atoms with Crippen molar-refractivity contribution in [2.24, 2.45) is 5.41 Å². The first kappa shape index (κ1) is 17.2. The predicted octanol–water partition coefficient (Wildman–Crippen LogP) is 1.74. The molecule has 0 bridgehead atoms. The van der Waals surface area contributed by atoms with Gasteiger partial charge in [-0.15, -0.1) is 0 Å². The molecular formula is C18H20N2O5. The normalized spacial score (nSPS) is 19.5. The van der Waals surface area contributed by atoms with Crippen LogP contribution in [-0.2, 0) is 14.3 Å². The van der Waals surface area contributed by atoms with Crippen molar-refractivity contribution < 1.29 is 14.3 Å². The molecule has 0 aliphatic carbocycles. The summed E-state index contributed by atoms with van der Waals surface area (Å²) in [6.07, 6.45) is 0.233. The van der Waals surface area contributed by atoms with E-state index in [4.69, 9.17) is 9.47 Å². The lowest BCUT2D eigenvalue weighted by molar-refractivity contribution is -0.158. The highest BCUT2D eigenvalue weighted by Crippen LogP contribution is 2.39. The summed E-state index contributed by atoms with van der Waals surface area (Å²) in [4.78, 5) is 37.6. The lowest BCUT2D eigenvalue weighted by atomic mass is 9.97. The minimum atomic E-state index is -0.682. The zero-order valence-electron chi connectivity index (χ0n) is 14.3. The van der Waals surface area contributed by atoms with Crippen LogP contribution in [-0.4, -0.2) is 22.1 Å². The van der Waals surface area contributed by atoms with Crippen LogP contribution in [0.15, 0.2) is 46.1 Å². The summed E-state index contributed by atoms with van der Waals surface area (Å²) < 4.78 is 12.6. The Morgan fingerprint density at radius 1 is 1.20 bits per heavy atom. The number of esters is 1. The van der Waals surface area contributed by atoms with Gasteiger partial charge in [-0.05, 0) is 26.3 Å². The van der Waals surface area contributed by atoms with Gasteiger partial charge in [0.2, 0.25) is 0 Å². The Bertz CT molecular complexity index is 906. The van der Waals surface area contributed by atoms with Crippen molar-refractivity contribution >= 4 is 5.97 Å². The highest BCUT2D eigenvalue weighted by atomic mass is 16.6. The third kappa shape index (κ3) is 3.41. The van der Waals surface area contributed by atoms with Crippen molar-refractivity contribution in [1.82, 2.24) is 9.55 Å². The molecule has 1 N–H and O–H groups in total. The van der Waals surface area contributed by atoms with Crippen LogP contribution in [0.4, 0.5) is 0 Å². The number of H-pyrrole nitrogens is 1. The Morgan fingerprint density at radius 2 is 1.88 bits per heavy atom. The second-order valence-electron chi connectivity index (χ2n) is 6.97. The van der Waals surface area contributed by atoms with E-state index in [0.29, 0.717) is 0 Å². The molecule has 0 spiro atoms. The van der Waals surface area contributed by atoms with Gasteiger partial charge in [-0.1, -0.05) is 24.3 Å². The summed E-state index contributed by atoms with van der Waals surface area (Å²) in [6.45, 7) is 5.39. The molecule has 2 atom stereocenters. The summed E-state index contributed by atoms with van der Waals surface area (Å²) >= 11 is 0. The highest BCUT2D eigenvalue weighted by Gasteiger charge is 2.35. The topological polar surface area (TPSA) is 90.4 Å². The van der Waals surface area contributed by atoms with Gasteiger partial charge in [0.15, 0.2) is 6.23 Å². The molecule has 3 rings (SSSR count). The monoisotopic (exact) mass is 344 g/mol. The summed E-state index contributed by atoms with van der Waals surface area (Å²) in [6, 6.07) is 8.69. The number of hydrogen-bond acceptors (Lipinski definition) is 5. The standard InChI is InChI=1S/C18H20N2O5/c1-18(2,3)16(22)24-10-13-11-6-4-5-7-12(11)15(25-13)20-9-8-14(21)19-17(20)23/h4-9,13,15H,10H2,1-3H3,(H,19,21,23)/t13-,15+/m1/s1. The van der Waals surface area contributed by atoms with E-state index in [1.807, 2.05) is 24.3 Å². The first-order valence-corrected chi connectivity index (χ1v) is 8.00. The fourth-order valence-electron chi connectivity index (χ4n) is 2.66. The number of benzene rings is 1. The summed E-state index contributed by atoms with van der Waals surface area (Å²) in [5.41, 5.74) is 0.0245. The molecule has 0 saturated heterocycles. The molecule has 7 nitrogen and oxygen atoms in total. The molecule has 132 valence electrons. The van der Waals surface area contributed by atoms with Crippen molar-refractivity contribution in [3.05, 3.63) is 68.5 Å². The van der Waals surface area contributed by atoms with Crippen LogP contribution in [0.2, 0.25) is 0 Å². The van der Waals surface area contributed by atoms with Crippen LogP contribution in [0.5, 0.6) is 0 Å². The van der Waals surface area contributed by atoms with Crippen molar-refractivity contribution in [1.29, 1.82) is 0 Å². The molecule has 2 aromatic rings. The van der Waals surface area contributed by atoms with Gasteiger partial charge in [-0.3, -0.25) is 19.1 Å². The van der Waals surface area contributed by atoms with Gasteiger partial charge in [0.1, 0.15) is 12.7 Å². The van der Waals surface area contributed by atoms with Gasteiger partial charge in [0.05, 0.1) is 5.41 Å². The van der Waals surface area contributed by atoms with E-state index >= 15 is 0 Å². The van der Waals surface area contributed by atoms with Crippen LogP contribution in [0.25, 0.3) is 0 Å². The molecule has 25 heavy (non-hydrogen) atoms. The molecule has 0 amide bonds. The van der Waals surface area contributed by atoms with E-state index in [-0.39, 0.29) is 12.6 Å². The number of rotatable bonds is 3. The fourth-order valence-corrected chi connectivity index (χ4v) is 2.66. The first-order chi connectivity index (χ1) is 11.8.